The number of anilines is 1. The van der Waals surface area contributed by atoms with Gasteiger partial charge in [0.2, 0.25) is 5.91 Å². The van der Waals surface area contributed by atoms with Crippen LogP contribution in [0.2, 0.25) is 5.02 Å². The number of para-hydroxylation sites is 1. The Morgan fingerprint density at radius 1 is 1.15 bits per heavy atom. The summed E-state index contributed by atoms with van der Waals surface area (Å²) in [6.07, 6.45) is 0. The van der Waals surface area contributed by atoms with Crippen molar-refractivity contribution in [3.63, 3.8) is 0 Å². The van der Waals surface area contributed by atoms with Gasteiger partial charge in [-0.25, -0.2) is 0 Å². The second-order valence-corrected chi connectivity index (χ2v) is 5.37. The van der Waals surface area contributed by atoms with Crippen molar-refractivity contribution >= 4 is 23.2 Å². The van der Waals surface area contributed by atoms with Crippen molar-refractivity contribution < 1.29 is 4.79 Å². The summed E-state index contributed by atoms with van der Waals surface area (Å²) in [7, 11) is 0. The number of rotatable bonds is 4. The standard InChI is InChI=1S/C16H17ClN2O/c1-11-5-3-4-6-14(11)19-16(2,15(18)20)12-7-9-13(17)10-8-12/h3-10,19H,1-2H3,(H2,18,20). The maximum atomic E-state index is 11.9. The lowest BCUT2D eigenvalue weighted by Gasteiger charge is -2.30. The van der Waals surface area contributed by atoms with E-state index in [1.165, 1.54) is 0 Å². The molecule has 0 spiro atoms. The molecule has 1 amide bonds. The number of primary amides is 1. The van der Waals surface area contributed by atoms with Crippen molar-refractivity contribution in [2.24, 2.45) is 5.73 Å². The number of carbonyl (C=O) groups is 1. The monoisotopic (exact) mass is 288 g/mol. The van der Waals surface area contributed by atoms with E-state index < -0.39 is 11.4 Å². The SMILES string of the molecule is Cc1ccccc1NC(C)(C(N)=O)c1ccc(Cl)cc1. The second-order valence-electron chi connectivity index (χ2n) is 4.94. The van der Waals surface area contributed by atoms with Gasteiger partial charge in [0.1, 0.15) is 5.54 Å². The minimum Gasteiger partial charge on any atom is -0.368 e. The molecule has 4 heteroatoms. The molecule has 0 fully saturated rings. The van der Waals surface area contributed by atoms with Crippen molar-refractivity contribution in [2.75, 3.05) is 5.32 Å². The molecule has 20 heavy (non-hydrogen) atoms. The van der Waals surface area contributed by atoms with Gasteiger partial charge in [-0.1, -0.05) is 41.9 Å². The number of hydrogen-bond donors (Lipinski definition) is 2. The van der Waals surface area contributed by atoms with Crippen LogP contribution >= 0.6 is 11.6 Å². The Morgan fingerprint density at radius 2 is 1.75 bits per heavy atom. The molecule has 1 atom stereocenters. The molecule has 0 aliphatic rings. The Kier molecular flexibility index (Phi) is 4.00. The van der Waals surface area contributed by atoms with Gasteiger partial charge in [0.15, 0.2) is 0 Å². The number of aryl methyl sites for hydroxylation is 1. The minimum absolute atomic E-state index is 0.442. The molecule has 104 valence electrons. The van der Waals surface area contributed by atoms with Crippen LogP contribution in [0.5, 0.6) is 0 Å². The number of carbonyl (C=O) groups excluding carboxylic acids is 1. The molecule has 3 N–H and O–H groups in total. The van der Waals surface area contributed by atoms with E-state index in [4.69, 9.17) is 17.3 Å². The summed E-state index contributed by atoms with van der Waals surface area (Å²) >= 11 is 5.89. The van der Waals surface area contributed by atoms with Crippen LogP contribution in [0.25, 0.3) is 0 Å². The lowest BCUT2D eigenvalue weighted by molar-refractivity contribution is -0.122. The predicted molar refractivity (Wildman–Crippen MR) is 82.8 cm³/mol. The van der Waals surface area contributed by atoms with E-state index >= 15 is 0 Å². The highest BCUT2D eigenvalue weighted by molar-refractivity contribution is 6.30. The zero-order valence-corrected chi connectivity index (χ0v) is 12.2. The first-order valence-corrected chi connectivity index (χ1v) is 6.71. The Morgan fingerprint density at radius 3 is 2.30 bits per heavy atom. The summed E-state index contributed by atoms with van der Waals surface area (Å²) in [5, 5.41) is 3.86. The molecule has 2 rings (SSSR count). The lowest BCUT2D eigenvalue weighted by atomic mass is 9.90. The van der Waals surface area contributed by atoms with Gasteiger partial charge in [0, 0.05) is 10.7 Å². The van der Waals surface area contributed by atoms with Crippen molar-refractivity contribution in [3.8, 4) is 0 Å². The Labute approximate surface area is 123 Å². The minimum atomic E-state index is -0.989. The van der Waals surface area contributed by atoms with Crippen LogP contribution in [0.4, 0.5) is 5.69 Å². The van der Waals surface area contributed by atoms with Crippen LogP contribution in [0, 0.1) is 6.92 Å². The van der Waals surface area contributed by atoms with E-state index in [1.807, 2.05) is 31.2 Å². The van der Waals surface area contributed by atoms with Crippen LogP contribution < -0.4 is 11.1 Å². The van der Waals surface area contributed by atoms with Crippen LogP contribution in [-0.2, 0) is 10.3 Å². The maximum Gasteiger partial charge on any atom is 0.247 e. The van der Waals surface area contributed by atoms with E-state index in [9.17, 15) is 4.79 Å². The molecule has 0 heterocycles. The molecular weight excluding hydrogens is 272 g/mol. The molecule has 0 saturated carbocycles. The predicted octanol–water partition coefficient (Wildman–Crippen LogP) is 3.46. The highest BCUT2D eigenvalue weighted by atomic mass is 35.5. The van der Waals surface area contributed by atoms with Crippen molar-refractivity contribution in [2.45, 2.75) is 19.4 Å². The maximum absolute atomic E-state index is 11.9. The molecule has 0 aromatic heterocycles. The molecule has 1 unspecified atom stereocenters. The fraction of sp³-hybridized carbons (Fsp3) is 0.188. The van der Waals surface area contributed by atoms with Crippen molar-refractivity contribution in [3.05, 3.63) is 64.7 Å². The normalized spacial score (nSPS) is 13.6. The molecule has 0 bridgehead atoms. The summed E-state index contributed by atoms with van der Waals surface area (Å²) in [5.41, 5.74) is 7.32. The number of amides is 1. The number of nitrogens with two attached hydrogens (primary N) is 1. The van der Waals surface area contributed by atoms with Crippen molar-refractivity contribution in [1.29, 1.82) is 0 Å². The largest absolute Gasteiger partial charge is 0.368 e. The average Bonchev–Trinajstić information content (AvgIpc) is 2.42. The summed E-state index contributed by atoms with van der Waals surface area (Å²) in [5.74, 6) is -0.442. The number of nitrogens with one attached hydrogen (secondary N) is 1. The zero-order valence-electron chi connectivity index (χ0n) is 11.5. The second kappa shape index (κ2) is 5.55. The van der Waals surface area contributed by atoms with Gasteiger partial charge in [-0.05, 0) is 43.2 Å². The molecule has 2 aromatic rings. The molecule has 0 saturated heterocycles. The third kappa shape index (κ3) is 2.78. The average molecular weight is 289 g/mol. The van der Waals surface area contributed by atoms with E-state index in [1.54, 1.807) is 31.2 Å². The van der Waals surface area contributed by atoms with Crippen LogP contribution in [-0.4, -0.2) is 5.91 Å². The summed E-state index contributed by atoms with van der Waals surface area (Å²) < 4.78 is 0. The summed E-state index contributed by atoms with van der Waals surface area (Å²) in [6.45, 7) is 3.75. The fourth-order valence-corrected chi connectivity index (χ4v) is 2.17. The van der Waals surface area contributed by atoms with Gasteiger partial charge in [-0.2, -0.15) is 0 Å². The van der Waals surface area contributed by atoms with E-state index in [2.05, 4.69) is 5.32 Å². The first-order valence-electron chi connectivity index (χ1n) is 6.33. The Bertz CT molecular complexity index is 625. The van der Waals surface area contributed by atoms with E-state index in [0.29, 0.717) is 5.02 Å². The molecule has 0 aliphatic heterocycles. The van der Waals surface area contributed by atoms with Gasteiger partial charge in [0.25, 0.3) is 0 Å². The van der Waals surface area contributed by atoms with Gasteiger partial charge in [-0.15, -0.1) is 0 Å². The van der Waals surface area contributed by atoms with Crippen molar-refractivity contribution in [1.82, 2.24) is 0 Å². The highest BCUT2D eigenvalue weighted by Crippen LogP contribution is 2.28. The number of hydrogen-bond acceptors (Lipinski definition) is 2. The number of halogens is 1. The Balaban J connectivity index is 2.43. The highest BCUT2D eigenvalue weighted by Gasteiger charge is 2.33. The van der Waals surface area contributed by atoms with Gasteiger partial charge in [0.05, 0.1) is 0 Å². The molecule has 0 aliphatic carbocycles. The smallest absolute Gasteiger partial charge is 0.247 e. The molecular formula is C16H17ClN2O. The van der Waals surface area contributed by atoms with Crippen LogP contribution in [0.15, 0.2) is 48.5 Å². The third-order valence-corrected chi connectivity index (χ3v) is 3.70. The molecule has 3 nitrogen and oxygen atoms in total. The van der Waals surface area contributed by atoms with Crippen LogP contribution in [0.1, 0.15) is 18.1 Å². The molecule has 0 radical (unpaired) electrons. The van der Waals surface area contributed by atoms with Gasteiger partial charge in [-0.3, -0.25) is 4.79 Å². The van der Waals surface area contributed by atoms with E-state index in [-0.39, 0.29) is 0 Å². The van der Waals surface area contributed by atoms with Crippen LogP contribution in [0.3, 0.4) is 0 Å². The molecule has 2 aromatic carbocycles. The first-order chi connectivity index (χ1) is 9.43. The summed E-state index contributed by atoms with van der Waals surface area (Å²) in [4.78, 5) is 11.9. The topological polar surface area (TPSA) is 55.1 Å². The summed E-state index contributed by atoms with van der Waals surface area (Å²) in [6, 6.07) is 14.9. The van der Waals surface area contributed by atoms with Gasteiger partial charge < -0.3 is 11.1 Å². The zero-order chi connectivity index (χ0) is 14.8. The third-order valence-electron chi connectivity index (χ3n) is 3.44. The van der Waals surface area contributed by atoms with Gasteiger partial charge >= 0.3 is 0 Å². The number of benzene rings is 2. The quantitative estimate of drug-likeness (QED) is 0.905. The fourth-order valence-electron chi connectivity index (χ4n) is 2.04. The lowest BCUT2D eigenvalue weighted by Crippen LogP contribution is -2.45. The van der Waals surface area contributed by atoms with E-state index in [0.717, 1.165) is 16.8 Å². The Hall–Kier alpha value is -2.00. The first kappa shape index (κ1) is 14.4.